The zero-order valence-corrected chi connectivity index (χ0v) is 14.5. The van der Waals surface area contributed by atoms with Gasteiger partial charge in [-0.25, -0.2) is 0 Å². The third kappa shape index (κ3) is 3.99. The van der Waals surface area contributed by atoms with Crippen molar-refractivity contribution in [1.82, 2.24) is 4.90 Å². The zero-order chi connectivity index (χ0) is 14.8. The lowest BCUT2D eigenvalue weighted by atomic mass is 10.1. The monoisotopic (exact) mass is 357 g/mol. The second kappa shape index (κ2) is 8.24. The molecular weight excluding hydrogens is 337 g/mol. The van der Waals surface area contributed by atoms with Crippen molar-refractivity contribution >= 4 is 36.4 Å². The first-order valence-corrected chi connectivity index (χ1v) is 7.05. The SMILES string of the molecule is CN1CCN(C(=O)c2coc(CN)c2)Cc2ccccc21.Cl.Cl. The Morgan fingerprint density at radius 1 is 1.26 bits per heavy atom. The highest BCUT2D eigenvalue weighted by molar-refractivity contribution is 5.94. The van der Waals surface area contributed by atoms with Crippen LogP contribution in [-0.2, 0) is 13.1 Å². The highest BCUT2D eigenvalue weighted by Gasteiger charge is 2.23. The van der Waals surface area contributed by atoms with Crippen LogP contribution in [0.3, 0.4) is 0 Å². The third-order valence-electron chi connectivity index (χ3n) is 3.86. The number of halogens is 2. The van der Waals surface area contributed by atoms with E-state index in [0.717, 1.165) is 12.1 Å². The van der Waals surface area contributed by atoms with Gasteiger partial charge in [-0.1, -0.05) is 18.2 Å². The van der Waals surface area contributed by atoms with E-state index in [0.29, 0.717) is 31.0 Å². The van der Waals surface area contributed by atoms with Gasteiger partial charge in [-0.3, -0.25) is 4.79 Å². The van der Waals surface area contributed by atoms with E-state index in [-0.39, 0.29) is 30.7 Å². The highest BCUT2D eigenvalue weighted by Crippen LogP contribution is 2.24. The van der Waals surface area contributed by atoms with Gasteiger partial charge < -0.3 is 20.0 Å². The van der Waals surface area contributed by atoms with Crippen LogP contribution in [0.15, 0.2) is 41.0 Å². The van der Waals surface area contributed by atoms with E-state index in [2.05, 4.69) is 24.1 Å². The Balaban J connectivity index is 0.00000132. The molecular formula is C16H21Cl2N3O2. The average Bonchev–Trinajstić information content (AvgIpc) is 2.93. The number of nitrogens with zero attached hydrogens (tertiary/aromatic N) is 2. The molecule has 0 bridgehead atoms. The summed E-state index contributed by atoms with van der Waals surface area (Å²) in [5, 5.41) is 0. The lowest BCUT2D eigenvalue weighted by Crippen LogP contribution is -2.34. The number of carbonyl (C=O) groups excluding carboxylic acids is 1. The van der Waals surface area contributed by atoms with Crippen LogP contribution in [-0.4, -0.2) is 30.9 Å². The van der Waals surface area contributed by atoms with Crippen molar-refractivity contribution in [2.24, 2.45) is 5.73 Å². The molecule has 1 aromatic heterocycles. The molecule has 0 saturated heterocycles. The summed E-state index contributed by atoms with van der Waals surface area (Å²) in [6.45, 7) is 2.42. The number of rotatable bonds is 2. The molecule has 0 saturated carbocycles. The van der Waals surface area contributed by atoms with Gasteiger partial charge in [-0.05, 0) is 17.7 Å². The summed E-state index contributed by atoms with van der Waals surface area (Å²) in [6.07, 6.45) is 1.49. The van der Waals surface area contributed by atoms with Crippen LogP contribution < -0.4 is 10.6 Å². The number of nitrogens with two attached hydrogens (primary N) is 1. The largest absolute Gasteiger partial charge is 0.467 e. The van der Waals surface area contributed by atoms with Gasteiger partial charge in [-0.15, -0.1) is 24.8 Å². The molecule has 126 valence electrons. The molecule has 0 atom stereocenters. The molecule has 1 aromatic carbocycles. The molecule has 23 heavy (non-hydrogen) atoms. The van der Waals surface area contributed by atoms with Crippen molar-refractivity contribution < 1.29 is 9.21 Å². The maximum absolute atomic E-state index is 12.6. The first-order chi connectivity index (χ1) is 10.2. The molecule has 2 N–H and O–H groups in total. The number of hydrogen-bond donors (Lipinski definition) is 1. The van der Waals surface area contributed by atoms with Crippen LogP contribution in [0, 0.1) is 0 Å². The van der Waals surface area contributed by atoms with E-state index < -0.39 is 0 Å². The molecule has 0 radical (unpaired) electrons. The topological polar surface area (TPSA) is 62.7 Å². The minimum Gasteiger partial charge on any atom is -0.467 e. The number of fused-ring (bicyclic) bond motifs is 1. The van der Waals surface area contributed by atoms with Gasteiger partial charge in [0.1, 0.15) is 12.0 Å². The van der Waals surface area contributed by atoms with Crippen molar-refractivity contribution in [2.75, 3.05) is 25.0 Å². The van der Waals surface area contributed by atoms with Gasteiger partial charge in [-0.2, -0.15) is 0 Å². The Kier molecular flexibility index (Phi) is 6.94. The minimum atomic E-state index is -0.0106. The quantitative estimate of drug-likeness (QED) is 0.897. The molecule has 0 spiro atoms. The fourth-order valence-corrected chi connectivity index (χ4v) is 2.65. The van der Waals surface area contributed by atoms with Gasteiger partial charge in [0.05, 0.1) is 12.1 Å². The molecule has 1 amide bonds. The maximum atomic E-state index is 12.6. The molecule has 1 aliphatic heterocycles. The summed E-state index contributed by atoms with van der Waals surface area (Å²) in [5.41, 5.74) is 8.43. The number of hydrogen-bond acceptors (Lipinski definition) is 4. The lowest BCUT2D eigenvalue weighted by molar-refractivity contribution is 0.0751. The normalized spacial score (nSPS) is 13.5. The van der Waals surface area contributed by atoms with Crippen molar-refractivity contribution in [1.29, 1.82) is 0 Å². The van der Waals surface area contributed by atoms with Gasteiger partial charge in [0, 0.05) is 32.4 Å². The van der Waals surface area contributed by atoms with Crippen LogP contribution in [0.2, 0.25) is 0 Å². The van der Waals surface area contributed by atoms with Gasteiger partial charge in [0.15, 0.2) is 0 Å². The van der Waals surface area contributed by atoms with E-state index in [1.807, 2.05) is 17.0 Å². The first-order valence-electron chi connectivity index (χ1n) is 7.05. The average molecular weight is 358 g/mol. The number of benzene rings is 1. The van der Waals surface area contributed by atoms with Crippen molar-refractivity contribution in [2.45, 2.75) is 13.1 Å². The number of amides is 1. The van der Waals surface area contributed by atoms with Gasteiger partial charge in [0.2, 0.25) is 0 Å². The second-order valence-electron chi connectivity index (χ2n) is 5.28. The van der Waals surface area contributed by atoms with E-state index in [1.54, 1.807) is 6.07 Å². The fraction of sp³-hybridized carbons (Fsp3) is 0.312. The predicted octanol–water partition coefficient (Wildman–Crippen LogP) is 2.67. The Morgan fingerprint density at radius 2 is 2.00 bits per heavy atom. The summed E-state index contributed by atoms with van der Waals surface area (Å²) in [5.74, 6) is 0.620. The summed E-state index contributed by atoms with van der Waals surface area (Å²) in [6, 6.07) is 9.91. The summed E-state index contributed by atoms with van der Waals surface area (Å²) >= 11 is 0. The predicted molar refractivity (Wildman–Crippen MR) is 95.5 cm³/mol. The number of anilines is 1. The number of para-hydroxylation sites is 1. The van der Waals surface area contributed by atoms with Crippen LogP contribution >= 0.6 is 24.8 Å². The van der Waals surface area contributed by atoms with Crippen molar-refractivity contribution in [3.8, 4) is 0 Å². The van der Waals surface area contributed by atoms with Crippen LogP contribution in [0.4, 0.5) is 5.69 Å². The van der Waals surface area contributed by atoms with E-state index in [4.69, 9.17) is 10.2 Å². The zero-order valence-electron chi connectivity index (χ0n) is 12.9. The number of furan rings is 1. The Morgan fingerprint density at radius 3 is 2.70 bits per heavy atom. The molecule has 0 unspecified atom stereocenters. The van der Waals surface area contributed by atoms with Crippen LogP contribution in [0.25, 0.3) is 0 Å². The maximum Gasteiger partial charge on any atom is 0.257 e. The number of carbonyl (C=O) groups is 1. The summed E-state index contributed by atoms with van der Waals surface area (Å²) in [7, 11) is 2.05. The molecule has 7 heteroatoms. The first kappa shape index (κ1) is 19.4. The smallest absolute Gasteiger partial charge is 0.257 e. The van der Waals surface area contributed by atoms with E-state index in [1.165, 1.54) is 12.0 Å². The molecule has 1 aliphatic rings. The van der Waals surface area contributed by atoms with Crippen molar-refractivity contribution in [3.05, 3.63) is 53.5 Å². The molecule has 2 heterocycles. The van der Waals surface area contributed by atoms with Crippen LogP contribution in [0.5, 0.6) is 0 Å². The highest BCUT2D eigenvalue weighted by atomic mass is 35.5. The van der Waals surface area contributed by atoms with E-state index >= 15 is 0 Å². The van der Waals surface area contributed by atoms with Gasteiger partial charge in [0.25, 0.3) is 5.91 Å². The standard InChI is InChI=1S/C16H19N3O2.2ClH/c1-18-6-7-19(10-12-4-2-3-5-15(12)18)16(20)13-8-14(9-17)21-11-13;;/h2-5,8,11H,6-7,9-10,17H2,1H3;2*1H. The number of likely N-dealkylation sites (N-methyl/N-ethyl adjacent to an activating group) is 1. The van der Waals surface area contributed by atoms with Crippen LogP contribution in [0.1, 0.15) is 21.7 Å². The summed E-state index contributed by atoms with van der Waals surface area (Å²) < 4.78 is 5.26. The molecule has 0 aliphatic carbocycles. The van der Waals surface area contributed by atoms with Crippen molar-refractivity contribution in [3.63, 3.8) is 0 Å². The van der Waals surface area contributed by atoms with E-state index in [9.17, 15) is 4.79 Å². The molecule has 2 aromatic rings. The molecule has 0 fully saturated rings. The molecule has 5 nitrogen and oxygen atoms in total. The minimum absolute atomic E-state index is 0. The third-order valence-corrected chi connectivity index (χ3v) is 3.86. The summed E-state index contributed by atoms with van der Waals surface area (Å²) in [4.78, 5) is 16.6. The lowest BCUT2D eigenvalue weighted by Gasteiger charge is -2.20. The Bertz CT molecular complexity index is 660. The Hall–Kier alpha value is -1.69. The second-order valence-corrected chi connectivity index (χ2v) is 5.28. The fourth-order valence-electron chi connectivity index (χ4n) is 2.65. The van der Waals surface area contributed by atoms with Gasteiger partial charge >= 0.3 is 0 Å². The Labute approximate surface area is 148 Å². The molecule has 3 rings (SSSR count).